The monoisotopic (exact) mass is 391 g/mol. The van der Waals surface area contributed by atoms with Crippen molar-refractivity contribution in [3.8, 4) is 11.8 Å². The number of halogens is 1. The average molecular weight is 392 g/mol. The molecular formula is C22H18ClN3O2. The van der Waals surface area contributed by atoms with E-state index in [0.717, 1.165) is 16.5 Å². The summed E-state index contributed by atoms with van der Waals surface area (Å²) in [6.45, 7) is 3.80. The second-order valence-electron chi connectivity index (χ2n) is 6.32. The maximum absolute atomic E-state index is 12.6. The molecule has 0 aliphatic rings. The fraction of sp³-hybridized carbons (Fsp3) is 0.136. The van der Waals surface area contributed by atoms with Crippen molar-refractivity contribution in [2.45, 2.75) is 13.8 Å². The Bertz CT molecular complexity index is 1130. The van der Waals surface area contributed by atoms with Gasteiger partial charge < -0.3 is 10.1 Å². The van der Waals surface area contributed by atoms with Gasteiger partial charge in [-0.2, -0.15) is 5.26 Å². The van der Waals surface area contributed by atoms with Crippen LogP contribution in [0.2, 0.25) is 5.15 Å². The topological polar surface area (TPSA) is 75.0 Å². The highest BCUT2D eigenvalue weighted by Crippen LogP contribution is 2.26. The summed E-state index contributed by atoms with van der Waals surface area (Å²) < 4.78 is 5.23. The number of aryl methyl sites for hydroxylation is 2. The number of carbonyl (C=O) groups excluding carboxylic acids is 1. The van der Waals surface area contributed by atoms with Crippen molar-refractivity contribution in [3.63, 3.8) is 0 Å². The zero-order valence-corrected chi connectivity index (χ0v) is 16.5. The Hall–Kier alpha value is -3.36. The molecule has 0 radical (unpaired) electrons. The number of methoxy groups -OCH3 is 1. The second-order valence-corrected chi connectivity index (χ2v) is 6.68. The lowest BCUT2D eigenvalue weighted by atomic mass is 10.1. The van der Waals surface area contributed by atoms with E-state index < -0.39 is 5.91 Å². The van der Waals surface area contributed by atoms with E-state index in [0.29, 0.717) is 22.5 Å². The van der Waals surface area contributed by atoms with Gasteiger partial charge >= 0.3 is 0 Å². The molecule has 0 atom stereocenters. The molecule has 0 spiro atoms. The van der Waals surface area contributed by atoms with Crippen LogP contribution in [0.3, 0.4) is 0 Å². The van der Waals surface area contributed by atoms with Gasteiger partial charge in [-0.25, -0.2) is 4.98 Å². The smallest absolute Gasteiger partial charge is 0.266 e. The van der Waals surface area contributed by atoms with Crippen LogP contribution in [-0.2, 0) is 4.79 Å². The van der Waals surface area contributed by atoms with Crippen LogP contribution < -0.4 is 10.1 Å². The Morgan fingerprint density at radius 3 is 2.57 bits per heavy atom. The van der Waals surface area contributed by atoms with Crippen LogP contribution in [0.15, 0.2) is 48.0 Å². The maximum atomic E-state index is 12.6. The van der Waals surface area contributed by atoms with E-state index >= 15 is 0 Å². The van der Waals surface area contributed by atoms with Gasteiger partial charge in [0.1, 0.15) is 22.5 Å². The number of carbonyl (C=O) groups is 1. The normalized spacial score (nSPS) is 11.2. The van der Waals surface area contributed by atoms with Crippen molar-refractivity contribution in [2.24, 2.45) is 0 Å². The lowest BCUT2D eigenvalue weighted by molar-refractivity contribution is -0.112. The number of aromatic nitrogens is 1. The van der Waals surface area contributed by atoms with Crippen molar-refractivity contribution >= 4 is 40.2 Å². The number of rotatable bonds is 4. The Morgan fingerprint density at radius 2 is 1.93 bits per heavy atom. The van der Waals surface area contributed by atoms with Crippen molar-refractivity contribution in [3.05, 3.63) is 69.9 Å². The molecular weight excluding hydrogens is 374 g/mol. The third-order valence-corrected chi connectivity index (χ3v) is 4.69. The Morgan fingerprint density at radius 1 is 1.21 bits per heavy atom. The molecule has 1 N–H and O–H groups in total. The molecule has 6 heteroatoms. The number of benzene rings is 2. The average Bonchev–Trinajstić information content (AvgIpc) is 2.68. The van der Waals surface area contributed by atoms with Crippen LogP contribution in [0.1, 0.15) is 16.7 Å². The van der Waals surface area contributed by atoms with E-state index in [2.05, 4.69) is 10.3 Å². The first-order chi connectivity index (χ1) is 13.4. The van der Waals surface area contributed by atoms with Crippen LogP contribution in [0.4, 0.5) is 5.69 Å². The number of nitrogens with one attached hydrogen (secondary N) is 1. The maximum Gasteiger partial charge on any atom is 0.266 e. The van der Waals surface area contributed by atoms with Crippen LogP contribution in [0.5, 0.6) is 5.75 Å². The molecule has 5 nitrogen and oxygen atoms in total. The van der Waals surface area contributed by atoms with Crippen molar-refractivity contribution in [2.75, 3.05) is 12.4 Å². The van der Waals surface area contributed by atoms with Gasteiger partial charge in [0.25, 0.3) is 5.91 Å². The number of nitrogens with zero attached hydrogens (tertiary/aromatic N) is 2. The van der Waals surface area contributed by atoms with Gasteiger partial charge in [-0.15, -0.1) is 0 Å². The zero-order valence-electron chi connectivity index (χ0n) is 15.7. The van der Waals surface area contributed by atoms with Crippen LogP contribution in [-0.4, -0.2) is 18.0 Å². The van der Waals surface area contributed by atoms with Gasteiger partial charge in [0.2, 0.25) is 0 Å². The molecule has 3 rings (SSSR count). The van der Waals surface area contributed by atoms with Crippen molar-refractivity contribution in [1.82, 2.24) is 4.98 Å². The van der Waals surface area contributed by atoms with Gasteiger partial charge in [-0.3, -0.25) is 4.79 Å². The van der Waals surface area contributed by atoms with Gasteiger partial charge in [0, 0.05) is 16.6 Å². The first-order valence-electron chi connectivity index (χ1n) is 8.56. The SMILES string of the molecule is COc1ccc2nc(Cl)c(/C=C(\C#N)C(=O)Nc3c(C)cccc3C)cc2c1. The van der Waals surface area contributed by atoms with Crippen LogP contribution in [0, 0.1) is 25.2 Å². The molecule has 2 aromatic carbocycles. The zero-order chi connectivity index (χ0) is 20.3. The fourth-order valence-corrected chi connectivity index (χ4v) is 3.07. The Labute approximate surface area is 168 Å². The predicted molar refractivity (Wildman–Crippen MR) is 111 cm³/mol. The van der Waals surface area contributed by atoms with Gasteiger partial charge in [0.15, 0.2) is 0 Å². The lowest BCUT2D eigenvalue weighted by Crippen LogP contribution is -2.15. The number of fused-ring (bicyclic) bond motifs is 1. The molecule has 1 heterocycles. The summed E-state index contributed by atoms with van der Waals surface area (Å²) in [6, 6.07) is 14.8. The quantitative estimate of drug-likeness (QED) is 0.383. The number of hydrogen-bond acceptors (Lipinski definition) is 4. The van der Waals surface area contributed by atoms with Crippen molar-refractivity contribution in [1.29, 1.82) is 5.26 Å². The Balaban J connectivity index is 1.99. The standard InChI is InChI=1S/C22H18ClN3O2/c1-13-5-4-6-14(2)20(13)26-22(27)17(12-24)10-16-9-15-11-18(28-3)7-8-19(15)25-21(16)23/h4-11H,1-3H3,(H,26,27)/b17-10+. The fourth-order valence-electron chi connectivity index (χ4n) is 2.87. The predicted octanol–water partition coefficient (Wildman–Crippen LogP) is 5.06. The van der Waals surface area contributed by atoms with E-state index in [1.54, 1.807) is 25.3 Å². The number of para-hydroxylation sites is 1. The van der Waals surface area contributed by atoms with E-state index in [-0.39, 0.29) is 10.7 Å². The summed E-state index contributed by atoms with van der Waals surface area (Å²) in [5.74, 6) is 0.182. The van der Waals surface area contributed by atoms with Crippen molar-refractivity contribution < 1.29 is 9.53 Å². The summed E-state index contributed by atoms with van der Waals surface area (Å²) in [6.07, 6.45) is 1.44. The molecule has 0 bridgehead atoms. The Kier molecular flexibility index (Phi) is 5.62. The molecule has 140 valence electrons. The largest absolute Gasteiger partial charge is 0.497 e. The van der Waals surface area contributed by atoms with Gasteiger partial charge in [-0.05, 0) is 55.3 Å². The molecule has 1 amide bonds. The number of amides is 1. The number of pyridine rings is 1. The third-order valence-electron chi connectivity index (χ3n) is 4.39. The molecule has 28 heavy (non-hydrogen) atoms. The molecule has 3 aromatic rings. The minimum absolute atomic E-state index is 0.0615. The minimum Gasteiger partial charge on any atom is -0.497 e. The first kappa shape index (κ1) is 19.4. The highest BCUT2D eigenvalue weighted by atomic mass is 35.5. The number of hydrogen-bond donors (Lipinski definition) is 1. The minimum atomic E-state index is -0.498. The molecule has 0 saturated heterocycles. The van der Waals surface area contributed by atoms with E-state index in [4.69, 9.17) is 16.3 Å². The molecule has 0 fully saturated rings. The van der Waals surface area contributed by atoms with Crippen LogP contribution >= 0.6 is 11.6 Å². The highest BCUT2D eigenvalue weighted by Gasteiger charge is 2.14. The number of ether oxygens (including phenoxy) is 1. The van der Waals surface area contributed by atoms with Gasteiger partial charge in [0.05, 0.1) is 12.6 Å². The summed E-state index contributed by atoms with van der Waals surface area (Å²) in [4.78, 5) is 17.0. The summed E-state index contributed by atoms with van der Waals surface area (Å²) in [5, 5.41) is 13.3. The molecule has 0 saturated carbocycles. The van der Waals surface area contributed by atoms with E-state index in [1.165, 1.54) is 6.08 Å². The van der Waals surface area contributed by atoms with E-state index in [9.17, 15) is 10.1 Å². The lowest BCUT2D eigenvalue weighted by Gasteiger charge is -2.11. The van der Waals surface area contributed by atoms with Gasteiger partial charge in [-0.1, -0.05) is 29.8 Å². The summed E-state index contributed by atoms with van der Waals surface area (Å²) in [7, 11) is 1.58. The molecule has 1 aromatic heterocycles. The summed E-state index contributed by atoms with van der Waals surface area (Å²) in [5.41, 5.74) is 3.65. The molecule has 0 aliphatic heterocycles. The third kappa shape index (κ3) is 3.98. The van der Waals surface area contributed by atoms with Crippen LogP contribution in [0.25, 0.3) is 17.0 Å². The molecule has 0 unspecified atom stereocenters. The second kappa shape index (κ2) is 8.12. The summed E-state index contributed by atoms with van der Waals surface area (Å²) >= 11 is 6.27. The van der Waals surface area contributed by atoms with E-state index in [1.807, 2.05) is 44.2 Å². The first-order valence-corrected chi connectivity index (χ1v) is 8.94. The molecule has 0 aliphatic carbocycles. The number of nitriles is 1. The number of anilines is 1. The highest BCUT2D eigenvalue weighted by molar-refractivity contribution is 6.31.